The number of hydrogen-bond acceptors (Lipinski definition) is 4. The summed E-state index contributed by atoms with van der Waals surface area (Å²) in [5, 5.41) is 10.9. The van der Waals surface area contributed by atoms with Crippen LogP contribution in [0.2, 0.25) is 5.02 Å². The molecule has 0 bridgehead atoms. The van der Waals surface area contributed by atoms with Crippen molar-refractivity contribution in [2.75, 3.05) is 0 Å². The number of aromatic nitrogens is 2. The van der Waals surface area contributed by atoms with Crippen LogP contribution in [0, 0.1) is 5.82 Å². The van der Waals surface area contributed by atoms with Crippen molar-refractivity contribution in [2.24, 2.45) is 4.99 Å². The number of aromatic amines is 1. The van der Waals surface area contributed by atoms with Crippen LogP contribution in [0.15, 0.2) is 63.1 Å². The molecule has 0 saturated carbocycles. The summed E-state index contributed by atoms with van der Waals surface area (Å²) in [4.78, 5) is 30.1. The van der Waals surface area contributed by atoms with Gasteiger partial charge in [-0.1, -0.05) is 11.6 Å². The first-order valence-electron chi connectivity index (χ1n) is 7.09. The molecule has 1 aromatic heterocycles. The number of nitrogens with zero attached hydrogens (tertiary/aromatic N) is 2. The monoisotopic (exact) mass is 359 g/mol. The van der Waals surface area contributed by atoms with Gasteiger partial charge in [-0.05, 0) is 48.5 Å². The SMILES string of the molecule is O=c1[nH]c(=O)n(-c2ccc(F)cc2)c(O)c1C=Nc1ccc(Cl)cc1. The first kappa shape index (κ1) is 16.7. The highest BCUT2D eigenvalue weighted by Gasteiger charge is 2.14. The van der Waals surface area contributed by atoms with Crippen LogP contribution in [0.4, 0.5) is 10.1 Å². The van der Waals surface area contributed by atoms with Crippen LogP contribution >= 0.6 is 11.6 Å². The summed E-state index contributed by atoms with van der Waals surface area (Å²) in [6.45, 7) is 0. The van der Waals surface area contributed by atoms with Gasteiger partial charge >= 0.3 is 5.69 Å². The molecule has 0 atom stereocenters. The number of aliphatic imine (C=N–C) groups is 1. The topological polar surface area (TPSA) is 87.5 Å². The van der Waals surface area contributed by atoms with E-state index in [-0.39, 0.29) is 11.3 Å². The Kier molecular flexibility index (Phi) is 4.49. The molecule has 3 rings (SSSR count). The highest BCUT2D eigenvalue weighted by molar-refractivity contribution is 6.30. The number of nitrogens with one attached hydrogen (secondary N) is 1. The number of hydrogen-bond donors (Lipinski definition) is 2. The largest absolute Gasteiger partial charge is 0.493 e. The van der Waals surface area contributed by atoms with Crippen LogP contribution in [0.1, 0.15) is 5.56 Å². The van der Waals surface area contributed by atoms with Gasteiger partial charge < -0.3 is 5.11 Å². The zero-order chi connectivity index (χ0) is 18.0. The molecule has 0 spiro atoms. The molecule has 126 valence electrons. The molecule has 2 aromatic carbocycles. The van der Waals surface area contributed by atoms with Gasteiger partial charge in [-0.3, -0.25) is 14.8 Å². The molecule has 2 N–H and O–H groups in total. The molecular formula is C17H11ClFN3O3. The average molecular weight is 360 g/mol. The second-order valence-corrected chi connectivity index (χ2v) is 5.48. The minimum absolute atomic E-state index is 0.196. The van der Waals surface area contributed by atoms with E-state index in [1.807, 2.05) is 0 Å². The van der Waals surface area contributed by atoms with Crippen LogP contribution in [0.3, 0.4) is 0 Å². The molecule has 0 radical (unpaired) electrons. The summed E-state index contributed by atoms with van der Waals surface area (Å²) in [6, 6.07) is 11.4. The highest BCUT2D eigenvalue weighted by Crippen LogP contribution is 2.18. The smallest absolute Gasteiger partial charge is 0.335 e. The summed E-state index contributed by atoms with van der Waals surface area (Å²) in [6.07, 6.45) is 1.14. The van der Waals surface area contributed by atoms with Gasteiger partial charge in [-0.15, -0.1) is 0 Å². The Morgan fingerprint density at radius 1 is 1.08 bits per heavy atom. The third kappa shape index (κ3) is 3.51. The predicted octanol–water partition coefficient (Wildman–Crippen LogP) is 2.77. The van der Waals surface area contributed by atoms with Crippen LogP contribution < -0.4 is 11.2 Å². The second kappa shape index (κ2) is 6.74. The van der Waals surface area contributed by atoms with Gasteiger partial charge in [0.05, 0.1) is 11.4 Å². The van der Waals surface area contributed by atoms with E-state index in [0.29, 0.717) is 10.7 Å². The molecule has 8 heteroatoms. The fraction of sp³-hybridized carbons (Fsp3) is 0. The number of rotatable bonds is 3. The molecule has 0 aliphatic carbocycles. The van der Waals surface area contributed by atoms with Gasteiger partial charge in [0.2, 0.25) is 5.88 Å². The van der Waals surface area contributed by atoms with E-state index in [4.69, 9.17) is 11.6 Å². The van der Waals surface area contributed by atoms with Crippen molar-refractivity contribution in [1.82, 2.24) is 9.55 Å². The number of benzene rings is 2. The lowest BCUT2D eigenvalue weighted by molar-refractivity contribution is 0.430. The van der Waals surface area contributed by atoms with Crippen molar-refractivity contribution in [3.05, 3.63) is 85.8 Å². The molecule has 25 heavy (non-hydrogen) atoms. The van der Waals surface area contributed by atoms with E-state index < -0.39 is 22.9 Å². The lowest BCUT2D eigenvalue weighted by Crippen LogP contribution is -2.31. The van der Waals surface area contributed by atoms with Gasteiger partial charge in [0.1, 0.15) is 11.4 Å². The summed E-state index contributed by atoms with van der Waals surface area (Å²) < 4.78 is 13.9. The Labute approximate surface area is 145 Å². The first-order valence-corrected chi connectivity index (χ1v) is 7.47. The molecule has 0 aliphatic heterocycles. The summed E-state index contributed by atoms with van der Waals surface area (Å²) in [5.41, 5.74) is -1.15. The molecule has 0 amide bonds. The van der Waals surface area contributed by atoms with E-state index >= 15 is 0 Å². The predicted molar refractivity (Wildman–Crippen MR) is 93.0 cm³/mol. The standard InChI is InChI=1S/C17H11ClFN3O3/c18-10-1-5-12(6-2-10)20-9-14-15(23)21-17(25)22(16(14)24)13-7-3-11(19)4-8-13/h1-9,24H,(H,21,23,25). The van der Waals surface area contributed by atoms with Crippen LogP contribution in [0.5, 0.6) is 5.88 Å². The third-order valence-corrected chi connectivity index (χ3v) is 3.63. The minimum atomic E-state index is -0.849. The van der Waals surface area contributed by atoms with E-state index in [9.17, 15) is 19.1 Å². The number of H-pyrrole nitrogens is 1. The normalized spacial score (nSPS) is 11.1. The summed E-state index contributed by atoms with van der Waals surface area (Å²) in [7, 11) is 0. The quantitative estimate of drug-likeness (QED) is 0.705. The van der Waals surface area contributed by atoms with Crippen LogP contribution in [-0.4, -0.2) is 20.9 Å². The van der Waals surface area contributed by atoms with Crippen molar-refractivity contribution < 1.29 is 9.50 Å². The van der Waals surface area contributed by atoms with Gasteiger partial charge in [0.15, 0.2) is 0 Å². The van der Waals surface area contributed by atoms with E-state index in [0.717, 1.165) is 22.9 Å². The summed E-state index contributed by atoms with van der Waals surface area (Å²) >= 11 is 5.78. The summed E-state index contributed by atoms with van der Waals surface area (Å²) in [5.74, 6) is -1.09. The molecule has 0 aliphatic rings. The van der Waals surface area contributed by atoms with Gasteiger partial charge in [0, 0.05) is 11.2 Å². The number of aromatic hydroxyl groups is 1. The Morgan fingerprint density at radius 3 is 2.36 bits per heavy atom. The van der Waals surface area contributed by atoms with Crippen molar-refractivity contribution in [3.63, 3.8) is 0 Å². The maximum atomic E-state index is 13.0. The molecular weight excluding hydrogens is 349 g/mol. The van der Waals surface area contributed by atoms with Crippen LogP contribution in [-0.2, 0) is 0 Å². The van der Waals surface area contributed by atoms with E-state index in [1.165, 1.54) is 12.1 Å². The minimum Gasteiger partial charge on any atom is -0.493 e. The fourth-order valence-electron chi connectivity index (χ4n) is 2.15. The van der Waals surface area contributed by atoms with Crippen LogP contribution in [0.25, 0.3) is 5.69 Å². The molecule has 1 heterocycles. The Hall–Kier alpha value is -3.19. The lowest BCUT2D eigenvalue weighted by Gasteiger charge is -2.09. The Balaban J connectivity index is 2.10. The van der Waals surface area contributed by atoms with Crippen molar-refractivity contribution in [2.45, 2.75) is 0 Å². The maximum Gasteiger partial charge on any atom is 0.335 e. The fourth-order valence-corrected chi connectivity index (χ4v) is 2.28. The third-order valence-electron chi connectivity index (χ3n) is 3.38. The zero-order valence-corrected chi connectivity index (χ0v) is 13.4. The average Bonchev–Trinajstić information content (AvgIpc) is 2.57. The lowest BCUT2D eigenvalue weighted by atomic mass is 10.2. The second-order valence-electron chi connectivity index (χ2n) is 5.04. The van der Waals surface area contributed by atoms with Gasteiger partial charge in [-0.25, -0.2) is 13.8 Å². The molecule has 3 aromatic rings. The molecule has 0 unspecified atom stereocenters. The Bertz CT molecular complexity index is 1050. The maximum absolute atomic E-state index is 13.0. The number of halogens is 2. The van der Waals surface area contributed by atoms with E-state index in [2.05, 4.69) is 9.98 Å². The van der Waals surface area contributed by atoms with Gasteiger partial charge in [-0.2, -0.15) is 0 Å². The van der Waals surface area contributed by atoms with Gasteiger partial charge in [0.25, 0.3) is 5.56 Å². The first-order chi connectivity index (χ1) is 12.0. The van der Waals surface area contributed by atoms with Crippen molar-refractivity contribution in [1.29, 1.82) is 0 Å². The molecule has 0 fully saturated rings. The molecule has 0 saturated heterocycles. The van der Waals surface area contributed by atoms with Crippen molar-refractivity contribution in [3.8, 4) is 11.6 Å². The zero-order valence-electron chi connectivity index (χ0n) is 12.6. The van der Waals surface area contributed by atoms with E-state index in [1.54, 1.807) is 24.3 Å². The molecule has 6 nitrogen and oxygen atoms in total. The highest BCUT2D eigenvalue weighted by atomic mass is 35.5. The Morgan fingerprint density at radius 2 is 1.72 bits per heavy atom. The van der Waals surface area contributed by atoms with Crippen molar-refractivity contribution >= 4 is 23.5 Å².